The van der Waals surface area contributed by atoms with Crippen LogP contribution in [0, 0.1) is 12.8 Å². The number of hydrogen-bond acceptors (Lipinski definition) is 6. The van der Waals surface area contributed by atoms with Crippen molar-refractivity contribution in [2.75, 3.05) is 32.9 Å². The Morgan fingerprint density at radius 1 is 1.40 bits per heavy atom. The summed E-state index contributed by atoms with van der Waals surface area (Å²) in [6.45, 7) is 5.39. The number of carbonyl (C=O) groups excluding carboxylic acids is 1. The van der Waals surface area contributed by atoms with Crippen molar-refractivity contribution in [3.63, 3.8) is 0 Å². The van der Waals surface area contributed by atoms with Crippen molar-refractivity contribution < 1.29 is 18.7 Å². The van der Waals surface area contributed by atoms with E-state index >= 15 is 0 Å². The van der Waals surface area contributed by atoms with Crippen LogP contribution in [0.1, 0.15) is 22.5 Å². The maximum absolute atomic E-state index is 12.8. The molecule has 25 heavy (non-hydrogen) atoms. The Labute approximate surface area is 145 Å². The second-order valence-electron chi connectivity index (χ2n) is 6.89. The Morgan fingerprint density at radius 2 is 2.24 bits per heavy atom. The molecule has 0 aromatic carbocycles. The first kappa shape index (κ1) is 16.3. The van der Waals surface area contributed by atoms with Crippen LogP contribution in [0.4, 0.5) is 0 Å². The van der Waals surface area contributed by atoms with Gasteiger partial charge in [0.15, 0.2) is 0 Å². The van der Waals surface area contributed by atoms with Gasteiger partial charge in [0.1, 0.15) is 24.0 Å². The minimum atomic E-state index is -0.442. The van der Waals surface area contributed by atoms with Crippen LogP contribution in [0.2, 0.25) is 0 Å². The van der Waals surface area contributed by atoms with Gasteiger partial charge in [0, 0.05) is 19.0 Å². The van der Waals surface area contributed by atoms with Gasteiger partial charge in [-0.3, -0.25) is 4.79 Å². The molecular formula is C17H22N4O4. The zero-order valence-electron chi connectivity index (χ0n) is 14.3. The largest absolute Gasteiger partial charge is 0.469 e. The van der Waals surface area contributed by atoms with Gasteiger partial charge >= 0.3 is 0 Å². The van der Waals surface area contributed by atoms with E-state index in [0.29, 0.717) is 50.2 Å². The van der Waals surface area contributed by atoms with E-state index < -0.39 is 5.60 Å². The van der Waals surface area contributed by atoms with E-state index in [4.69, 9.17) is 13.9 Å². The number of rotatable bonds is 3. The molecule has 2 aliphatic heterocycles. The molecule has 8 heteroatoms. The summed E-state index contributed by atoms with van der Waals surface area (Å²) in [5.41, 5.74) is 0.166. The summed E-state index contributed by atoms with van der Waals surface area (Å²) >= 11 is 0. The van der Waals surface area contributed by atoms with Crippen molar-refractivity contribution in [1.82, 2.24) is 19.7 Å². The molecular weight excluding hydrogens is 324 g/mol. The summed E-state index contributed by atoms with van der Waals surface area (Å²) in [7, 11) is 0. The van der Waals surface area contributed by atoms with Crippen LogP contribution in [-0.4, -0.2) is 64.1 Å². The molecule has 4 rings (SSSR count). The Bertz CT molecular complexity index is 729. The van der Waals surface area contributed by atoms with Gasteiger partial charge in [-0.15, -0.1) is 10.2 Å². The average molecular weight is 346 g/mol. The Balaban J connectivity index is 1.46. The molecule has 0 unspecified atom stereocenters. The highest BCUT2D eigenvalue weighted by atomic mass is 16.5. The lowest BCUT2D eigenvalue weighted by molar-refractivity contribution is -0.0539. The zero-order chi connectivity index (χ0) is 17.3. The van der Waals surface area contributed by atoms with E-state index in [0.717, 1.165) is 13.0 Å². The van der Waals surface area contributed by atoms with Gasteiger partial charge in [-0.05, 0) is 19.4 Å². The monoisotopic (exact) mass is 346 g/mol. The van der Waals surface area contributed by atoms with Crippen molar-refractivity contribution in [3.8, 4) is 0 Å². The molecule has 4 heterocycles. The van der Waals surface area contributed by atoms with E-state index in [1.165, 1.54) is 0 Å². The fourth-order valence-corrected chi connectivity index (χ4v) is 3.74. The van der Waals surface area contributed by atoms with E-state index in [-0.39, 0.29) is 5.91 Å². The fourth-order valence-electron chi connectivity index (χ4n) is 3.74. The summed E-state index contributed by atoms with van der Waals surface area (Å²) < 4.78 is 19.2. The smallest absolute Gasteiger partial charge is 0.257 e. The molecule has 2 fully saturated rings. The van der Waals surface area contributed by atoms with E-state index in [1.54, 1.807) is 31.9 Å². The van der Waals surface area contributed by atoms with E-state index in [1.807, 2.05) is 9.47 Å². The number of aryl methyl sites for hydroxylation is 1. The topological polar surface area (TPSA) is 82.6 Å². The molecule has 2 saturated heterocycles. The number of aromatic nitrogens is 3. The van der Waals surface area contributed by atoms with Crippen LogP contribution >= 0.6 is 0 Å². The van der Waals surface area contributed by atoms with E-state index in [9.17, 15) is 4.79 Å². The van der Waals surface area contributed by atoms with Crippen molar-refractivity contribution in [3.05, 3.63) is 36.3 Å². The van der Waals surface area contributed by atoms with Crippen LogP contribution in [0.25, 0.3) is 0 Å². The highest BCUT2D eigenvalue weighted by Gasteiger charge is 2.44. The van der Waals surface area contributed by atoms with Crippen molar-refractivity contribution in [2.45, 2.75) is 25.5 Å². The Morgan fingerprint density at radius 3 is 3.00 bits per heavy atom. The summed E-state index contributed by atoms with van der Waals surface area (Å²) in [5, 5.41) is 7.68. The van der Waals surface area contributed by atoms with Gasteiger partial charge in [-0.1, -0.05) is 0 Å². The maximum Gasteiger partial charge on any atom is 0.257 e. The first-order chi connectivity index (χ1) is 12.2. The molecule has 0 saturated carbocycles. The molecule has 0 radical (unpaired) electrons. The Hall–Kier alpha value is -2.19. The van der Waals surface area contributed by atoms with Crippen molar-refractivity contribution in [1.29, 1.82) is 0 Å². The predicted octanol–water partition coefficient (Wildman–Crippen LogP) is 1.13. The van der Waals surface area contributed by atoms with Gasteiger partial charge in [-0.25, -0.2) is 0 Å². The lowest BCUT2D eigenvalue weighted by Crippen LogP contribution is -2.46. The zero-order valence-corrected chi connectivity index (χ0v) is 14.3. The van der Waals surface area contributed by atoms with Crippen LogP contribution in [-0.2, 0) is 16.0 Å². The number of carbonyl (C=O) groups is 1. The van der Waals surface area contributed by atoms with Gasteiger partial charge in [0.05, 0.1) is 38.2 Å². The molecule has 0 N–H and O–H groups in total. The van der Waals surface area contributed by atoms with Crippen molar-refractivity contribution in [2.24, 2.45) is 5.92 Å². The molecule has 2 aromatic rings. The fraction of sp³-hybridized carbons (Fsp3) is 0.588. The standard InChI is InChI=1S/C17H22N4O4/c1-13-15(2-4-24-13)16(22)21-3-5-23-10-17(9-21)6-14(8-25-17)7-20-11-18-19-12-20/h2,4,11-12,14H,3,5-10H2,1H3/t14-,17-/m0/s1. The van der Waals surface area contributed by atoms with Gasteiger partial charge in [0.25, 0.3) is 5.91 Å². The van der Waals surface area contributed by atoms with Crippen LogP contribution in [0.3, 0.4) is 0 Å². The number of furan rings is 1. The van der Waals surface area contributed by atoms with Crippen LogP contribution in [0.15, 0.2) is 29.4 Å². The van der Waals surface area contributed by atoms with Gasteiger partial charge in [0.2, 0.25) is 0 Å². The highest BCUT2D eigenvalue weighted by Crippen LogP contribution is 2.34. The first-order valence-corrected chi connectivity index (χ1v) is 8.53. The second kappa shape index (κ2) is 6.61. The third-order valence-corrected chi connectivity index (χ3v) is 4.95. The van der Waals surface area contributed by atoms with Gasteiger partial charge < -0.3 is 23.4 Å². The number of ether oxygens (including phenoxy) is 2. The lowest BCUT2D eigenvalue weighted by atomic mass is 9.94. The average Bonchev–Trinajstić information content (AvgIpc) is 3.30. The molecule has 1 amide bonds. The minimum Gasteiger partial charge on any atom is -0.469 e. The highest BCUT2D eigenvalue weighted by molar-refractivity contribution is 5.95. The van der Waals surface area contributed by atoms with Crippen LogP contribution < -0.4 is 0 Å². The predicted molar refractivity (Wildman–Crippen MR) is 87.0 cm³/mol. The molecule has 2 aliphatic rings. The molecule has 2 aromatic heterocycles. The molecule has 2 atom stereocenters. The minimum absolute atomic E-state index is 0.0259. The molecule has 134 valence electrons. The SMILES string of the molecule is Cc1occc1C(=O)N1CCOC[C@]2(C[C@@H](Cn3cnnc3)CO2)C1. The van der Waals surface area contributed by atoms with Crippen LogP contribution in [0.5, 0.6) is 0 Å². The van der Waals surface area contributed by atoms with Gasteiger partial charge in [-0.2, -0.15) is 0 Å². The lowest BCUT2D eigenvalue weighted by Gasteiger charge is -2.31. The number of nitrogens with zero attached hydrogens (tertiary/aromatic N) is 4. The molecule has 1 spiro atoms. The summed E-state index contributed by atoms with van der Waals surface area (Å²) in [6, 6.07) is 1.72. The quantitative estimate of drug-likeness (QED) is 0.828. The normalized spacial score (nSPS) is 26.9. The van der Waals surface area contributed by atoms with Crippen molar-refractivity contribution >= 4 is 5.91 Å². The first-order valence-electron chi connectivity index (χ1n) is 8.53. The number of amides is 1. The molecule has 8 nitrogen and oxygen atoms in total. The summed E-state index contributed by atoms with van der Waals surface area (Å²) in [6.07, 6.45) is 5.82. The number of hydrogen-bond donors (Lipinski definition) is 0. The third-order valence-electron chi connectivity index (χ3n) is 4.95. The summed E-state index contributed by atoms with van der Waals surface area (Å²) in [4.78, 5) is 14.7. The molecule has 0 aliphatic carbocycles. The maximum atomic E-state index is 12.8. The Kier molecular flexibility index (Phi) is 4.30. The molecule has 0 bridgehead atoms. The third kappa shape index (κ3) is 3.32. The summed E-state index contributed by atoms with van der Waals surface area (Å²) in [5.74, 6) is 0.967. The second-order valence-corrected chi connectivity index (χ2v) is 6.89. The van der Waals surface area contributed by atoms with E-state index in [2.05, 4.69) is 10.2 Å².